The highest BCUT2D eigenvalue weighted by Gasteiger charge is 2.62. The first-order valence-corrected chi connectivity index (χ1v) is 16.5. The molecule has 7 heteroatoms. The molecule has 4 fully saturated rings. The number of hydrogen-bond acceptors (Lipinski definition) is 6. The van der Waals surface area contributed by atoms with Gasteiger partial charge in [0.25, 0.3) is 0 Å². The van der Waals surface area contributed by atoms with Crippen molar-refractivity contribution in [2.45, 2.75) is 70.3 Å². The topological polar surface area (TPSA) is 77.3 Å². The molecule has 2 saturated heterocycles. The number of ether oxygens (including phenoxy) is 3. The van der Waals surface area contributed by atoms with Crippen molar-refractivity contribution >= 4 is 5.91 Å². The maximum atomic E-state index is 13.8. The monoisotopic (exact) mass is 577 g/mol. The molecular formula is C35H51N3O4. The second-order valence-electron chi connectivity index (χ2n) is 13.4. The molecular weight excluding hydrogens is 526 g/mol. The minimum atomic E-state index is 0.119. The third-order valence-electron chi connectivity index (χ3n) is 10.9. The molecule has 1 aromatic rings. The first-order valence-electron chi connectivity index (χ1n) is 16.5. The summed E-state index contributed by atoms with van der Waals surface area (Å²) in [5.74, 6) is 6.20. The summed E-state index contributed by atoms with van der Waals surface area (Å²) in [5.41, 5.74) is 8.64. The van der Waals surface area contributed by atoms with Gasteiger partial charge in [-0.15, -0.1) is 0 Å². The van der Waals surface area contributed by atoms with Crippen LogP contribution in [0.25, 0.3) is 0 Å². The molecule has 6 rings (SSSR count). The van der Waals surface area contributed by atoms with Crippen LogP contribution in [0.1, 0.15) is 63.9 Å². The molecule has 1 aromatic carbocycles. The van der Waals surface area contributed by atoms with Gasteiger partial charge in [0, 0.05) is 37.5 Å². The van der Waals surface area contributed by atoms with Crippen LogP contribution in [0, 0.1) is 29.6 Å². The predicted molar refractivity (Wildman–Crippen MR) is 165 cm³/mol. The van der Waals surface area contributed by atoms with Crippen LogP contribution in [0.2, 0.25) is 0 Å². The second kappa shape index (κ2) is 12.6. The van der Waals surface area contributed by atoms with E-state index in [4.69, 9.17) is 19.9 Å². The first kappa shape index (κ1) is 29.6. The van der Waals surface area contributed by atoms with Crippen LogP contribution in [-0.4, -0.2) is 74.8 Å². The zero-order chi connectivity index (χ0) is 29.3. The summed E-state index contributed by atoms with van der Waals surface area (Å²) in [6.45, 7) is 6.74. The first-order chi connectivity index (χ1) is 20.5. The molecule has 42 heavy (non-hydrogen) atoms. The van der Waals surface area contributed by atoms with Crippen molar-refractivity contribution in [3.63, 3.8) is 0 Å². The Morgan fingerprint density at radius 2 is 1.98 bits per heavy atom. The lowest BCUT2D eigenvalue weighted by molar-refractivity contribution is -0.133. The summed E-state index contributed by atoms with van der Waals surface area (Å²) in [6, 6.07) is 8.40. The van der Waals surface area contributed by atoms with Crippen LogP contribution < -0.4 is 10.5 Å². The van der Waals surface area contributed by atoms with E-state index in [9.17, 15) is 4.79 Å². The summed E-state index contributed by atoms with van der Waals surface area (Å²) >= 11 is 0. The van der Waals surface area contributed by atoms with Gasteiger partial charge in [-0.1, -0.05) is 37.6 Å². The number of aryl methyl sites for hydroxylation is 1. The number of likely N-dealkylation sites (tertiary alicyclic amines) is 1. The number of rotatable bonds is 14. The Bertz CT molecular complexity index is 1190. The molecule has 2 heterocycles. The molecule has 2 aliphatic heterocycles. The molecule has 0 bridgehead atoms. The molecule has 230 valence electrons. The van der Waals surface area contributed by atoms with Crippen molar-refractivity contribution < 1.29 is 19.0 Å². The van der Waals surface area contributed by atoms with E-state index in [2.05, 4.69) is 41.0 Å². The molecule has 3 aliphatic carbocycles. The number of para-hydroxylation sites is 1. The summed E-state index contributed by atoms with van der Waals surface area (Å²) in [4.78, 5) is 18.5. The lowest BCUT2D eigenvalue weighted by atomic mass is 9.80. The fourth-order valence-electron chi connectivity index (χ4n) is 8.26. The number of allylic oxidation sites excluding steroid dienone is 3. The molecule has 2 saturated carbocycles. The predicted octanol–water partition coefficient (Wildman–Crippen LogP) is 5.16. The number of amides is 1. The number of benzene rings is 1. The van der Waals surface area contributed by atoms with Crippen LogP contribution in [0.15, 0.2) is 47.4 Å². The highest BCUT2D eigenvalue weighted by molar-refractivity contribution is 5.78. The Kier molecular flexibility index (Phi) is 8.88. The number of nitrogens with zero attached hydrogens (tertiary/aromatic N) is 2. The highest BCUT2D eigenvalue weighted by Crippen LogP contribution is 2.61. The Morgan fingerprint density at radius 3 is 2.76 bits per heavy atom. The van der Waals surface area contributed by atoms with E-state index in [-0.39, 0.29) is 11.4 Å². The second-order valence-corrected chi connectivity index (χ2v) is 13.4. The van der Waals surface area contributed by atoms with Crippen molar-refractivity contribution in [3.8, 4) is 5.75 Å². The normalized spacial score (nSPS) is 31.2. The van der Waals surface area contributed by atoms with E-state index in [0.29, 0.717) is 42.7 Å². The van der Waals surface area contributed by atoms with Gasteiger partial charge in [0.1, 0.15) is 11.5 Å². The number of hydrogen-bond donors (Lipinski definition) is 1. The minimum Gasteiger partial charge on any atom is -0.497 e. The largest absolute Gasteiger partial charge is 0.497 e. The number of nitrogens with two attached hydrogens (primary N) is 1. The van der Waals surface area contributed by atoms with E-state index in [1.165, 1.54) is 24.0 Å². The Morgan fingerprint density at radius 1 is 1.14 bits per heavy atom. The van der Waals surface area contributed by atoms with Gasteiger partial charge < -0.3 is 24.8 Å². The van der Waals surface area contributed by atoms with Crippen LogP contribution in [0.5, 0.6) is 5.75 Å². The summed E-state index contributed by atoms with van der Waals surface area (Å²) in [6.07, 6.45) is 12.2. The average Bonchev–Trinajstić information content (AvgIpc) is 3.92. The van der Waals surface area contributed by atoms with Crippen LogP contribution in [-0.2, 0) is 20.7 Å². The number of fused-ring (bicyclic) bond motifs is 3. The lowest BCUT2D eigenvalue weighted by Crippen LogP contribution is -2.45. The smallest absolute Gasteiger partial charge is 0.236 e. The maximum Gasteiger partial charge on any atom is 0.236 e. The Labute approximate surface area is 252 Å². The van der Waals surface area contributed by atoms with Crippen molar-refractivity contribution in [2.24, 2.45) is 35.3 Å². The molecule has 7 nitrogen and oxygen atoms in total. The molecule has 5 unspecified atom stereocenters. The Hall–Kier alpha value is -2.51. The third-order valence-corrected chi connectivity index (χ3v) is 10.9. The van der Waals surface area contributed by atoms with Gasteiger partial charge in [-0.3, -0.25) is 9.69 Å². The van der Waals surface area contributed by atoms with Crippen molar-refractivity contribution in [3.05, 3.63) is 53.0 Å². The molecule has 0 radical (unpaired) electrons. The van der Waals surface area contributed by atoms with Crippen LogP contribution in [0.4, 0.5) is 0 Å². The van der Waals surface area contributed by atoms with Crippen LogP contribution >= 0.6 is 0 Å². The highest BCUT2D eigenvalue weighted by atomic mass is 16.5. The molecule has 2 N–H and O–H groups in total. The summed E-state index contributed by atoms with van der Waals surface area (Å²) in [7, 11) is 3.56. The fourth-order valence-corrected chi connectivity index (χ4v) is 8.26. The third kappa shape index (κ3) is 5.84. The summed E-state index contributed by atoms with van der Waals surface area (Å²) < 4.78 is 17.8. The van der Waals surface area contributed by atoms with Gasteiger partial charge in [0.15, 0.2) is 5.76 Å². The van der Waals surface area contributed by atoms with Crippen molar-refractivity contribution in [1.29, 1.82) is 0 Å². The van der Waals surface area contributed by atoms with E-state index >= 15 is 0 Å². The molecule has 5 aliphatic rings. The van der Waals surface area contributed by atoms with Gasteiger partial charge in [0.2, 0.25) is 5.91 Å². The summed E-state index contributed by atoms with van der Waals surface area (Å²) in [5, 5.41) is 0. The van der Waals surface area contributed by atoms with E-state index < -0.39 is 0 Å². The average molecular weight is 578 g/mol. The van der Waals surface area contributed by atoms with Gasteiger partial charge in [-0.2, -0.15) is 0 Å². The fraction of sp³-hybridized carbons (Fsp3) is 0.686. The molecule has 0 aromatic heterocycles. The lowest BCUT2D eigenvalue weighted by Gasteiger charge is -2.31. The molecule has 1 amide bonds. The van der Waals surface area contributed by atoms with Gasteiger partial charge >= 0.3 is 0 Å². The van der Waals surface area contributed by atoms with E-state index in [1.54, 1.807) is 14.2 Å². The number of carbonyl (C=O) groups excluding carboxylic acids is 1. The van der Waals surface area contributed by atoms with Gasteiger partial charge in [-0.05, 0) is 92.4 Å². The van der Waals surface area contributed by atoms with Gasteiger partial charge in [-0.25, -0.2) is 0 Å². The SMILES string of the molecule is CCCCN(CCCN)C(=O)CN1C[C@H](C2C=C3C(=C(OC)C2)OCC2CC32)CC12CC2CCc1ccccc1OC. The van der Waals surface area contributed by atoms with Crippen LogP contribution in [0.3, 0.4) is 0 Å². The standard InChI is InChI=1S/C35H51N3O4/c1-4-5-14-37(15-8-13-36)33(39)22-38-21-27(25-16-30-29-17-26(29)23-42-34(30)32(18-25)41-3)19-35(38)20-28(35)12-11-24-9-6-7-10-31(24)40-2/h6-7,9-10,16,25-29H,4-5,8,11-15,17-23,36H2,1-3H3/t25?,26?,27-,28?,29?,35?/m1/s1. The molecule has 1 spiro atoms. The van der Waals surface area contributed by atoms with Crippen molar-refractivity contribution in [1.82, 2.24) is 9.80 Å². The zero-order valence-corrected chi connectivity index (χ0v) is 26.0. The van der Waals surface area contributed by atoms with E-state index in [0.717, 1.165) is 88.5 Å². The van der Waals surface area contributed by atoms with Gasteiger partial charge in [0.05, 0.1) is 27.4 Å². The number of methoxy groups -OCH3 is 2. The molecule has 6 atom stereocenters. The zero-order valence-electron chi connectivity index (χ0n) is 26.0. The Balaban J connectivity index is 1.20. The minimum absolute atomic E-state index is 0.119. The quantitative estimate of drug-likeness (QED) is 0.329. The van der Waals surface area contributed by atoms with Crippen molar-refractivity contribution in [2.75, 3.05) is 53.6 Å². The maximum absolute atomic E-state index is 13.8. The number of unbranched alkanes of at least 4 members (excludes halogenated alkanes) is 1. The van der Waals surface area contributed by atoms with E-state index in [1.807, 2.05) is 6.07 Å². The number of carbonyl (C=O) groups is 1.